The second-order valence-corrected chi connectivity index (χ2v) is 6.23. The van der Waals surface area contributed by atoms with Gasteiger partial charge in [0.05, 0.1) is 5.70 Å². The summed E-state index contributed by atoms with van der Waals surface area (Å²) in [6.45, 7) is 5.91. The molecule has 138 valence electrons. The summed E-state index contributed by atoms with van der Waals surface area (Å²) >= 11 is 0. The number of hydrogen-bond donors (Lipinski definition) is 2. The first-order valence-corrected chi connectivity index (χ1v) is 8.30. The SMILES string of the molecule is C=C1C=C(C)C(Nc2cccc(NC(=O)c3c(F)cccc3F)c2)=CN1C. The molecule has 2 aromatic rings. The summed E-state index contributed by atoms with van der Waals surface area (Å²) in [5.74, 6) is -2.65. The average Bonchev–Trinajstić information content (AvgIpc) is 2.60. The highest BCUT2D eigenvalue weighted by molar-refractivity contribution is 6.04. The zero-order chi connectivity index (χ0) is 19.6. The molecule has 0 saturated carbocycles. The van der Waals surface area contributed by atoms with E-state index >= 15 is 0 Å². The molecule has 1 aliphatic heterocycles. The van der Waals surface area contributed by atoms with Gasteiger partial charge < -0.3 is 15.5 Å². The number of hydrogen-bond acceptors (Lipinski definition) is 3. The van der Waals surface area contributed by atoms with Gasteiger partial charge in [-0.2, -0.15) is 0 Å². The van der Waals surface area contributed by atoms with Crippen LogP contribution >= 0.6 is 0 Å². The molecule has 1 heterocycles. The van der Waals surface area contributed by atoms with Crippen molar-refractivity contribution in [1.29, 1.82) is 0 Å². The van der Waals surface area contributed by atoms with Crippen molar-refractivity contribution in [1.82, 2.24) is 4.90 Å². The van der Waals surface area contributed by atoms with Crippen molar-refractivity contribution in [2.24, 2.45) is 0 Å². The quantitative estimate of drug-likeness (QED) is 0.810. The normalized spacial score (nSPS) is 13.8. The van der Waals surface area contributed by atoms with Gasteiger partial charge in [0.25, 0.3) is 5.91 Å². The molecule has 0 bridgehead atoms. The van der Waals surface area contributed by atoms with E-state index in [-0.39, 0.29) is 0 Å². The van der Waals surface area contributed by atoms with Crippen LogP contribution in [0.25, 0.3) is 0 Å². The van der Waals surface area contributed by atoms with Crippen molar-refractivity contribution in [3.05, 3.63) is 95.5 Å². The first-order chi connectivity index (χ1) is 12.8. The van der Waals surface area contributed by atoms with Crippen molar-refractivity contribution in [3.8, 4) is 0 Å². The minimum Gasteiger partial charge on any atom is -0.354 e. The molecule has 0 atom stereocenters. The van der Waals surface area contributed by atoms with Crippen molar-refractivity contribution in [2.45, 2.75) is 6.92 Å². The Morgan fingerprint density at radius 2 is 1.70 bits per heavy atom. The Bertz CT molecular complexity index is 959. The molecular weight excluding hydrogens is 348 g/mol. The summed E-state index contributed by atoms with van der Waals surface area (Å²) in [6, 6.07) is 10.2. The van der Waals surface area contributed by atoms with Crippen LogP contribution < -0.4 is 10.6 Å². The average molecular weight is 367 g/mol. The van der Waals surface area contributed by atoms with E-state index in [9.17, 15) is 13.6 Å². The maximum Gasteiger partial charge on any atom is 0.261 e. The monoisotopic (exact) mass is 367 g/mol. The van der Waals surface area contributed by atoms with Crippen LogP contribution in [0.5, 0.6) is 0 Å². The molecule has 1 aliphatic rings. The molecule has 0 unspecified atom stereocenters. The third kappa shape index (κ3) is 4.06. The standard InChI is InChI=1S/C21H19F2N3O/c1-13-10-14(2)26(3)12-19(13)24-15-6-4-7-16(11-15)25-21(27)20-17(22)8-5-9-18(20)23/h4-12,24H,2H2,1,3H3,(H,25,27). The molecule has 6 heteroatoms. The lowest BCUT2D eigenvalue weighted by atomic mass is 10.1. The number of carbonyl (C=O) groups excluding carboxylic acids is 1. The van der Waals surface area contributed by atoms with Crippen molar-refractivity contribution in [2.75, 3.05) is 17.7 Å². The fourth-order valence-electron chi connectivity index (χ4n) is 2.68. The zero-order valence-corrected chi connectivity index (χ0v) is 15.0. The highest BCUT2D eigenvalue weighted by Crippen LogP contribution is 2.24. The Kier molecular flexibility index (Phi) is 5.07. The number of halogens is 2. The molecule has 0 radical (unpaired) electrons. The molecule has 0 aliphatic carbocycles. The van der Waals surface area contributed by atoms with Crippen LogP contribution in [0.4, 0.5) is 20.2 Å². The third-order valence-electron chi connectivity index (χ3n) is 4.17. The summed E-state index contributed by atoms with van der Waals surface area (Å²) < 4.78 is 27.5. The Morgan fingerprint density at radius 3 is 2.41 bits per heavy atom. The second kappa shape index (κ2) is 7.45. The maximum atomic E-state index is 13.8. The highest BCUT2D eigenvalue weighted by Gasteiger charge is 2.17. The molecule has 0 spiro atoms. The molecule has 3 rings (SSSR count). The van der Waals surface area contributed by atoms with Gasteiger partial charge in [0, 0.05) is 30.3 Å². The first-order valence-electron chi connectivity index (χ1n) is 8.30. The van der Waals surface area contributed by atoms with Gasteiger partial charge in [-0.1, -0.05) is 18.7 Å². The number of nitrogens with zero attached hydrogens (tertiary/aromatic N) is 1. The molecule has 2 aromatic carbocycles. The van der Waals surface area contributed by atoms with Gasteiger partial charge in [-0.05, 0) is 48.9 Å². The smallest absolute Gasteiger partial charge is 0.261 e. The lowest BCUT2D eigenvalue weighted by Crippen LogP contribution is -2.17. The molecular formula is C21H19F2N3O. The lowest BCUT2D eigenvalue weighted by Gasteiger charge is -2.24. The van der Waals surface area contributed by atoms with Crippen molar-refractivity contribution in [3.63, 3.8) is 0 Å². The number of likely N-dealkylation sites (N-methyl/N-ethyl adjacent to an activating group) is 1. The van der Waals surface area contributed by atoms with Gasteiger partial charge in [-0.3, -0.25) is 4.79 Å². The molecule has 27 heavy (non-hydrogen) atoms. The Hall–Kier alpha value is -3.41. The van der Waals surface area contributed by atoms with E-state index in [1.165, 1.54) is 6.07 Å². The Labute approximate surface area is 156 Å². The van der Waals surface area contributed by atoms with Crippen molar-refractivity contribution < 1.29 is 13.6 Å². The molecule has 0 saturated heterocycles. The molecule has 2 N–H and O–H groups in total. The zero-order valence-electron chi connectivity index (χ0n) is 15.0. The predicted molar refractivity (Wildman–Crippen MR) is 103 cm³/mol. The fraction of sp³-hybridized carbons (Fsp3) is 0.0952. The largest absolute Gasteiger partial charge is 0.354 e. The van der Waals surface area contributed by atoms with E-state index in [0.29, 0.717) is 5.69 Å². The molecule has 0 aromatic heterocycles. The van der Waals surface area contributed by atoms with Gasteiger partial charge in [0.1, 0.15) is 17.2 Å². The van der Waals surface area contributed by atoms with E-state index in [2.05, 4.69) is 17.2 Å². The van der Waals surface area contributed by atoms with Gasteiger partial charge in [-0.15, -0.1) is 0 Å². The first kappa shape index (κ1) is 18.4. The number of anilines is 2. The fourth-order valence-corrected chi connectivity index (χ4v) is 2.68. The van der Waals surface area contributed by atoms with E-state index < -0.39 is 23.1 Å². The van der Waals surface area contributed by atoms with E-state index in [1.54, 1.807) is 18.2 Å². The van der Waals surface area contributed by atoms with Crippen LogP contribution in [0.3, 0.4) is 0 Å². The summed E-state index contributed by atoms with van der Waals surface area (Å²) in [5, 5.41) is 5.80. The number of benzene rings is 2. The Balaban J connectivity index is 1.78. The van der Waals surface area contributed by atoms with Crippen LogP contribution in [-0.2, 0) is 0 Å². The number of carbonyl (C=O) groups is 1. The summed E-state index contributed by atoms with van der Waals surface area (Å²) in [6.07, 6.45) is 3.87. The number of rotatable bonds is 4. The Morgan fingerprint density at radius 1 is 1.07 bits per heavy atom. The van der Waals surface area contributed by atoms with Crippen molar-refractivity contribution >= 4 is 17.3 Å². The minimum atomic E-state index is -0.904. The predicted octanol–water partition coefficient (Wildman–Crippen LogP) is 4.88. The van der Waals surface area contributed by atoms with Crippen LogP contribution in [0.2, 0.25) is 0 Å². The van der Waals surface area contributed by atoms with E-state index in [4.69, 9.17) is 0 Å². The summed E-state index contributed by atoms with van der Waals surface area (Å²) in [4.78, 5) is 14.1. The summed E-state index contributed by atoms with van der Waals surface area (Å²) in [5.41, 5.74) is 3.32. The highest BCUT2D eigenvalue weighted by atomic mass is 19.1. The molecule has 4 nitrogen and oxygen atoms in total. The topological polar surface area (TPSA) is 44.4 Å². The summed E-state index contributed by atoms with van der Waals surface area (Å²) in [7, 11) is 1.90. The van der Waals surface area contributed by atoms with Gasteiger partial charge in [0.2, 0.25) is 0 Å². The number of nitrogens with one attached hydrogen (secondary N) is 2. The molecule has 1 amide bonds. The number of amides is 1. The van der Waals surface area contributed by atoms with Crippen LogP contribution in [0.15, 0.2) is 78.3 Å². The van der Waals surface area contributed by atoms with Gasteiger partial charge >= 0.3 is 0 Å². The van der Waals surface area contributed by atoms with Crippen LogP contribution in [0.1, 0.15) is 17.3 Å². The van der Waals surface area contributed by atoms with Gasteiger partial charge in [0.15, 0.2) is 0 Å². The molecule has 0 fully saturated rings. The number of allylic oxidation sites excluding steroid dienone is 2. The van der Waals surface area contributed by atoms with E-state index in [0.717, 1.165) is 34.8 Å². The third-order valence-corrected chi connectivity index (χ3v) is 4.17. The van der Waals surface area contributed by atoms with E-state index in [1.807, 2.05) is 37.2 Å². The lowest BCUT2D eigenvalue weighted by molar-refractivity contribution is 0.101. The minimum absolute atomic E-state index is 0.420. The van der Waals surface area contributed by atoms with Crippen LogP contribution in [0, 0.1) is 11.6 Å². The maximum absolute atomic E-state index is 13.8. The van der Waals surface area contributed by atoms with Gasteiger partial charge in [-0.25, -0.2) is 8.78 Å². The van der Waals surface area contributed by atoms with Crippen LogP contribution in [-0.4, -0.2) is 17.9 Å². The second-order valence-electron chi connectivity index (χ2n) is 6.23.